The fourth-order valence-electron chi connectivity index (χ4n) is 2.63. The predicted molar refractivity (Wildman–Crippen MR) is 75.8 cm³/mol. The number of hydrogen-bond donors (Lipinski definition) is 1. The molecule has 0 saturated carbocycles. The smallest absolute Gasteiger partial charge is 0.324 e. The average molecular weight is 298 g/mol. The molecular formula is C13H18N2O4S. The van der Waals surface area contributed by atoms with Crippen molar-refractivity contribution in [3.05, 3.63) is 27.1 Å². The highest BCUT2D eigenvalue weighted by molar-refractivity contribution is 7.15. The second-order valence-electron chi connectivity index (χ2n) is 5.21. The number of carbonyl (C=O) groups is 1. The Morgan fingerprint density at radius 2 is 2.15 bits per heavy atom. The first-order valence-electron chi connectivity index (χ1n) is 6.66. The van der Waals surface area contributed by atoms with Crippen LogP contribution in [0.5, 0.6) is 0 Å². The minimum atomic E-state index is -0.702. The summed E-state index contributed by atoms with van der Waals surface area (Å²) >= 11 is 1.19. The van der Waals surface area contributed by atoms with E-state index in [4.69, 9.17) is 0 Å². The van der Waals surface area contributed by atoms with Gasteiger partial charge in [-0.15, -0.1) is 0 Å². The zero-order valence-electron chi connectivity index (χ0n) is 11.4. The number of nitro groups is 1. The van der Waals surface area contributed by atoms with Crippen LogP contribution in [0.25, 0.3) is 0 Å². The number of aliphatic carboxylic acids is 1. The van der Waals surface area contributed by atoms with E-state index >= 15 is 0 Å². The third-order valence-corrected chi connectivity index (χ3v) is 5.17. The zero-order chi connectivity index (χ0) is 14.8. The normalized spacial score (nSPS) is 18.9. The highest BCUT2D eigenvalue weighted by atomic mass is 32.1. The molecule has 1 aliphatic heterocycles. The lowest BCUT2D eigenvalue weighted by atomic mass is 9.76. The van der Waals surface area contributed by atoms with Crippen LogP contribution in [0.1, 0.15) is 31.1 Å². The van der Waals surface area contributed by atoms with Crippen LogP contribution in [0.3, 0.4) is 0 Å². The molecule has 1 aromatic heterocycles. The fourth-order valence-corrected chi connectivity index (χ4v) is 3.49. The van der Waals surface area contributed by atoms with Gasteiger partial charge in [-0.2, -0.15) is 0 Å². The number of piperidine rings is 1. The molecule has 6 nitrogen and oxygen atoms in total. The number of carboxylic acid groups (broad SMARTS) is 1. The van der Waals surface area contributed by atoms with Crippen molar-refractivity contribution >= 4 is 22.3 Å². The first-order chi connectivity index (χ1) is 9.47. The van der Waals surface area contributed by atoms with Gasteiger partial charge in [-0.05, 0) is 38.4 Å². The Balaban J connectivity index is 1.94. The SMILES string of the molecule is CCC1(C(=O)O)CCN(Cc2ccc([N+](=O)[O-])s2)CC1. The molecule has 110 valence electrons. The molecule has 0 amide bonds. The van der Waals surface area contributed by atoms with Crippen molar-refractivity contribution < 1.29 is 14.8 Å². The quantitative estimate of drug-likeness (QED) is 0.667. The summed E-state index contributed by atoms with van der Waals surface area (Å²) in [6.45, 7) is 4.04. The van der Waals surface area contributed by atoms with Crippen molar-refractivity contribution in [2.45, 2.75) is 32.7 Å². The van der Waals surface area contributed by atoms with Gasteiger partial charge >= 0.3 is 11.0 Å². The summed E-state index contributed by atoms with van der Waals surface area (Å²) in [7, 11) is 0. The molecule has 1 aliphatic rings. The average Bonchev–Trinajstić information content (AvgIpc) is 2.88. The number of nitrogens with zero attached hydrogens (tertiary/aromatic N) is 2. The molecule has 1 N–H and O–H groups in total. The minimum Gasteiger partial charge on any atom is -0.481 e. The van der Waals surface area contributed by atoms with Crippen molar-refractivity contribution in [1.29, 1.82) is 0 Å². The summed E-state index contributed by atoms with van der Waals surface area (Å²) in [5.74, 6) is -0.702. The molecule has 2 rings (SSSR count). The Labute approximate surface area is 121 Å². The molecule has 20 heavy (non-hydrogen) atoms. The molecule has 0 radical (unpaired) electrons. The van der Waals surface area contributed by atoms with E-state index in [0.717, 1.165) is 18.0 Å². The van der Waals surface area contributed by atoms with Gasteiger partial charge in [0.15, 0.2) is 0 Å². The molecule has 1 aromatic rings. The van der Waals surface area contributed by atoms with E-state index in [9.17, 15) is 20.0 Å². The van der Waals surface area contributed by atoms with Crippen LogP contribution in [0.15, 0.2) is 12.1 Å². The van der Waals surface area contributed by atoms with Crippen LogP contribution in [-0.2, 0) is 11.3 Å². The third kappa shape index (κ3) is 2.99. The van der Waals surface area contributed by atoms with Gasteiger partial charge in [0, 0.05) is 17.5 Å². The van der Waals surface area contributed by atoms with E-state index in [1.165, 1.54) is 17.4 Å². The van der Waals surface area contributed by atoms with E-state index in [1.807, 2.05) is 6.92 Å². The monoisotopic (exact) mass is 298 g/mol. The van der Waals surface area contributed by atoms with E-state index in [-0.39, 0.29) is 9.92 Å². The molecule has 0 bridgehead atoms. The molecule has 2 heterocycles. The van der Waals surface area contributed by atoms with Crippen molar-refractivity contribution in [1.82, 2.24) is 4.90 Å². The predicted octanol–water partition coefficient (Wildman–Crippen LogP) is 2.73. The Morgan fingerprint density at radius 3 is 2.60 bits per heavy atom. The highest BCUT2D eigenvalue weighted by Crippen LogP contribution is 2.36. The molecule has 7 heteroatoms. The summed E-state index contributed by atoms with van der Waals surface area (Å²) in [5.41, 5.74) is -0.585. The van der Waals surface area contributed by atoms with Crippen molar-refractivity contribution in [3.8, 4) is 0 Å². The summed E-state index contributed by atoms with van der Waals surface area (Å²) < 4.78 is 0. The van der Waals surface area contributed by atoms with E-state index < -0.39 is 11.4 Å². The number of rotatable bonds is 5. The summed E-state index contributed by atoms with van der Waals surface area (Å²) in [6, 6.07) is 3.30. The summed E-state index contributed by atoms with van der Waals surface area (Å²) in [5, 5.41) is 20.1. The zero-order valence-corrected chi connectivity index (χ0v) is 12.2. The van der Waals surface area contributed by atoms with E-state index in [0.29, 0.717) is 25.8 Å². The molecule has 1 saturated heterocycles. The second kappa shape index (κ2) is 5.88. The Kier molecular flexibility index (Phi) is 4.39. The number of hydrogen-bond acceptors (Lipinski definition) is 5. The van der Waals surface area contributed by atoms with Gasteiger partial charge in [-0.3, -0.25) is 19.8 Å². The summed E-state index contributed by atoms with van der Waals surface area (Å²) in [4.78, 5) is 24.8. The maximum absolute atomic E-state index is 11.4. The lowest BCUT2D eigenvalue weighted by Crippen LogP contribution is -2.43. The second-order valence-corrected chi connectivity index (χ2v) is 6.36. The number of thiophene rings is 1. The molecular weight excluding hydrogens is 280 g/mol. The molecule has 0 unspecified atom stereocenters. The molecule has 1 fully saturated rings. The lowest BCUT2D eigenvalue weighted by molar-refractivity contribution is -0.380. The van der Waals surface area contributed by atoms with Crippen LogP contribution in [0, 0.1) is 15.5 Å². The third-order valence-electron chi connectivity index (χ3n) is 4.15. The van der Waals surface area contributed by atoms with Crippen LogP contribution in [0.2, 0.25) is 0 Å². The Hall–Kier alpha value is -1.47. The number of likely N-dealkylation sites (tertiary alicyclic amines) is 1. The van der Waals surface area contributed by atoms with Crippen molar-refractivity contribution in [2.24, 2.45) is 5.41 Å². The van der Waals surface area contributed by atoms with Crippen LogP contribution in [0.4, 0.5) is 5.00 Å². The maximum atomic E-state index is 11.4. The van der Waals surface area contributed by atoms with Crippen LogP contribution >= 0.6 is 11.3 Å². The first kappa shape index (κ1) is 14.9. The van der Waals surface area contributed by atoms with Crippen molar-refractivity contribution in [3.63, 3.8) is 0 Å². The van der Waals surface area contributed by atoms with Gasteiger partial charge in [-0.1, -0.05) is 18.3 Å². The van der Waals surface area contributed by atoms with Gasteiger partial charge < -0.3 is 5.11 Å². The van der Waals surface area contributed by atoms with Gasteiger partial charge in [-0.25, -0.2) is 0 Å². The topological polar surface area (TPSA) is 83.7 Å². The minimum absolute atomic E-state index is 0.158. The Bertz CT molecular complexity index is 506. The fraction of sp³-hybridized carbons (Fsp3) is 0.615. The lowest BCUT2D eigenvalue weighted by Gasteiger charge is -2.38. The Morgan fingerprint density at radius 1 is 1.50 bits per heavy atom. The molecule has 0 aliphatic carbocycles. The molecule has 0 spiro atoms. The molecule has 0 atom stereocenters. The van der Waals surface area contributed by atoms with E-state index in [1.54, 1.807) is 6.07 Å². The standard InChI is InChI=1S/C13H18N2O4S/c1-2-13(12(16)17)5-7-14(8-6-13)9-10-3-4-11(20-10)15(18)19/h3-4H,2,5-9H2,1H3,(H,16,17). The van der Waals surface area contributed by atoms with Crippen LogP contribution < -0.4 is 0 Å². The number of carboxylic acids is 1. The van der Waals surface area contributed by atoms with Crippen molar-refractivity contribution in [2.75, 3.05) is 13.1 Å². The highest BCUT2D eigenvalue weighted by Gasteiger charge is 2.39. The maximum Gasteiger partial charge on any atom is 0.324 e. The molecule has 0 aromatic carbocycles. The van der Waals surface area contributed by atoms with Gasteiger partial charge in [0.25, 0.3) is 0 Å². The van der Waals surface area contributed by atoms with E-state index in [2.05, 4.69) is 4.90 Å². The van der Waals surface area contributed by atoms with Gasteiger partial charge in [0.1, 0.15) is 0 Å². The summed E-state index contributed by atoms with van der Waals surface area (Å²) in [6.07, 6.45) is 1.94. The first-order valence-corrected chi connectivity index (χ1v) is 7.47. The van der Waals surface area contributed by atoms with Crippen LogP contribution in [-0.4, -0.2) is 34.0 Å². The van der Waals surface area contributed by atoms with Gasteiger partial charge in [0.05, 0.1) is 10.3 Å². The van der Waals surface area contributed by atoms with Gasteiger partial charge in [0.2, 0.25) is 0 Å². The largest absolute Gasteiger partial charge is 0.481 e.